The van der Waals surface area contributed by atoms with Gasteiger partial charge in [-0.2, -0.15) is 5.10 Å². The van der Waals surface area contributed by atoms with Gasteiger partial charge < -0.3 is 15.7 Å². The molecule has 1 heterocycles. The minimum atomic E-state index is -0.499. The van der Waals surface area contributed by atoms with Crippen molar-refractivity contribution in [1.82, 2.24) is 20.4 Å². The van der Waals surface area contributed by atoms with Crippen LogP contribution in [0.4, 0.5) is 4.79 Å². The second kappa shape index (κ2) is 8.78. The Morgan fingerprint density at radius 2 is 1.95 bits per heavy atom. The molecule has 0 bridgehead atoms. The predicted octanol–water partition coefficient (Wildman–Crippen LogP) is 1.75. The third-order valence-electron chi connectivity index (χ3n) is 3.70. The monoisotopic (exact) mass is 310 g/mol. The molecule has 1 unspecified atom stereocenters. The molecule has 6 nitrogen and oxygen atoms in total. The number of rotatable bonds is 8. The molecule has 0 aliphatic rings. The van der Waals surface area contributed by atoms with Crippen LogP contribution >= 0.6 is 0 Å². The first kappa shape index (κ1) is 18.5. The molecular formula is C16H30N4O2. The number of carbonyl (C=O) groups is 1. The molecule has 1 atom stereocenters. The average molecular weight is 310 g/mol. The Bertz CT molecular complexity index is 483. The number of aliphatic hydroxyl groups is 1. The highest BCUT2D eigenvalue weighted by Crippen LogP contribution is 2.15. The van der Waals surface area contributed by atoms with Crippen LogP contribution in [0.3, 0.4) is 0 Å². The standard InChI is InChI=1S/C16H30N4O2/c1-6-14-13(15(7-2)20(5)19-14)10-18-16(22)17-9-12(21)8-11(3)4/h11-12,21H,6-10H2,1-5H3,(H2,17,18,22). The molecule has 1 rings (SSSR count). The fourth-order valence-electron chi connectivity index (χ4n) is 2.66. The maximum Gasteiger partial charge on any atom is 0.315 e. The number of urea groups is 1. The summed E-state index contributed by atoms with van der Waals surface area (Å²) in [6.45, 7) is 8.98. The van der Waals surface area contributed by atoms with Crippen LogP contribution < -0.4 is 10.6 Å². The van der Waals surface area contributed by atoms with E-state index in [1.807, 2.05) is 25.6 Å². The minimum absolute atomic E-state index is 0.254. The Kier molecular flexibility index (Phi) is 7.38. The molecule has 126 valence electrons. The summed E-state index contributed by atoms with van der Waals surface area (Å²) in [5.41, 5.74) is 3.28. The summed E-state index contributed by atoms with van der Waals surface area (Å²) < 4.78 is 1.89. The maximum atomic E-state index is 11.9. The lowest BCUT2D eigenvalue weighted by atomic mass is 10.1. The van der Waals surface area contributed by atoms with E-state index in [2.05, 4.69) is 29.6 Å². The molecular weight excluding hydrogens is 280 g/mol. The molecule has 1 aromatic heterocycles. The number of nitrogens with zero attached hydrogens (tertiary/aromatic N) is 2. The van der Waals surface area contributed by atoms with Crippen LogP contribution in [-0.2, 0) is 26.4 Å². The van der Waals surface area contributed by atoms with Crippen molar-refractivity contribution < 1.29 is 9.90 Å². The molecule has 1 aromatic rings. The SMILES string of the molecule is CCc1nn(C)c(CC)c1CNC(=O)NCC(O)CC(C)C. The van der Waals surface area contributed by atoms with E-state index in [0.717, 1.165) is 29.8 Å². The lowest BCUT2D eigenvalue weighted by Crippen LogP contribution is -2.39. The normalized spacial score (nSPS) is 12.5. The summed E-state index contributed by atoms with van der Waals surface area (Å²) in [6, 6.07) is -0.254. The molecule has 0 spiro atoms. The van der Waals surface area contributed by atoms with Gasteiger partial charge in [-0.05, 0) is 25.2 Å². The van der Waals surface area contributed by atoms with Crippen LogP contribution in [0.1, 0.15) is 51.1 Å². The zero-order valence-electron chi connectivity index (χ0n) is 14.4. The molecule has 0 fully saturated rings. The van der Waals surface area contributed by atoms with Gasteiger partial charge in [-0.25, -0.2) is 4.79 Å². The van der Waals surface area contributed by atoms with Crippen molar-refractivity contribution in [2.45, 2.75) is 59.6 Å². The van der Waals surface area contributed by atoms with Gasteiger partial charge in [0.2, 0.25) is 0 Å². The Morgan fingerprint density at radius 3 is 2.50 bits per heavy atom. The van der Waals surface area contributed by atoms with Gasteiger partial charge in [0, 0.05) is 31.4 Å². The fourth-order valence-corrected chi connectivity index (χ4v) is 2.66. The summed E-state index contributed by atoms with van der Waals surface area (Å²) >= 11 is 0. The second-order valence-corrected chi connectivity index (χ2v) is 6.05. The largest absolute Gasteiger partial charge is 0.391 e. The van der Waals surface area contributed by atoms with Gasteiger partial charge in [0.25, 0.3) is 0 Å². The van der Waals surface area contributed by atoms with Gasteiger partial charge >= 0.3 is 6.03 Å². The van der Waals surface area contributed by atoms with Crippen molar-refractivity contribution in [2.75, 3.05) is 6.54 Å². The highest BCUT2D eigenvalue weighted by Gasteiger charge is 2.14. The molecule has 2 amide bonds. The minimum Gasteiger partial charge on any atom is -0.391 e. The molecule has 0 aliphatic heterocycles. The van der Waals surface area contributed by atoms with Crippen molar-refractivity contribution in [3.63, 3.8) is 0 Å². The number of aryl methyl sites for hydroxylation is 2. The maximum absolute atomic E-state index is 11.9. The first-order valence-electron chi connectivity index (χ1n) is 8.12. The van der Waals surface area contributed by atoms with Gasteiger partial charge in [0.15, 0.2) is 0 Å². The molecule has 0 aliphatic carbocycles. The molecule has 0 aromatic carbocycles. The van der Waals surface area contributed by atoms with E-state index in [-0.39, 0.29) is 12.6 Å². The van der Waals surface area contributed by atoms with Crippen LogP contribution in [0.5, 0.6) is 0 Å². The number of aromatic nitrogens is 2. The number of aliphatic hydroxyl groups excluding tert-OH is 1. The van der Waals surface area contributed by atoms with Gasteiger partial charge in [-0.3, -0.25) is 4.68 Å². The summed E-state index contributed by atoms with van der Waals surface area (Å²) in [5, 5.41) is 19.8. The molecule has 3 N–H and O–H groups in total. The Morgan fingerprint density at radius 1 is 1.27 bits per heavy atom. The van der Waals surface area contributed by atoms with Crippen molar-refractivity contribution >= 4 is 6.03 Å². The number of nitrogens with one attached hydrogen (secondary N) is 2. The molecule has 6 heteroatoms. The Balaban J connectivity index is 2.51. The van der Waals surface area contributed by atoms with E-state index in [1.165, 1.54) is 0 Å². The van der Waals surface area contributed by atoms with E-state index in [0.29, 0.717) is 18.9 Å². The second-order valence-electron chi connectivity index (χ2n) is 6.05. The quantitative estimate of drug-likeness (QED) is 0.684. The highest BCUT2D eigenvalue weighted by atomic mass is 16.3. The first-order chi connectivity index (χ1) is 10.4. The Hall–Kier alpha value is -1.56. The summed E-state index contributed by atoms with van der Waals surface area (Å²) in [7, 11) is 1.93. The summed E-state index contributed by atoms with van der Waals surface area (Å²) in [6.07, 6.45) is 1.92. The summed E-state index contributed by atoms with van der Waals surface area (Å²) in [4.78, 5) is 11.9. The first-order valence-corrected chi connectivity index (χ1v) is 8.12. The lowest BCUT2D eigenvalue weighted by Gasteiger charge is -2.14. The van der Waals surface area contributed by atoms with Crippen molar-refractivity contribution in [3.05, 3.63) is 17.0 Å². The molecule has 0 saturated carbocycles. The Labute approximate surface area is 133 Å². The van der Waals surface area contributed by atoms with E-state index >= 15 is 0 Å². The fraction of sp³-hybridized carbons (Fsp3) is 0.750. The van der Waals surface area contributed by atoms with Crippen molar-refractivity contribution in [2.24, 2.45) is 13.0 Å². The van der Waals surface area contributed by atoms with Gasteiger partial charge in [0.1, 0.15) is 0 Å². The third-order valence-corrected chi connectivity index (χ3v) is 3.70. The number of amides is 2. The highest BCUT2D eigenvalue weighted by molar-refractivity contribution is 5.73. The molecule has 22 heavy (non-hydrogen) atoms. The van der Waals surface area contributed by atoms with Crippen LogP contribution in [-0.4, -0.2) is 33.6 Å². The molecule has 0 saturated heterocycles. The smallest absolute Gasteiger partial charge is 0.315 e. The molecule has 0 radical (unpaired) electrons. The van der Waals surface area contributed by atoms with Gasteiger partial charge in [0.05, 0.1) is 11.8 Å². The predicted molar refractivity (Wildman–Crippen MR) is 87.7 cm³/mol. The lowest BCUT2D eigenvalue weighted by molar-refractivity contribution is 0.147. The number of hydrogen-bond acceptors (Lipinski definition) is 3. The van der Waals surface area contributed by atoms with Crippen LogP contribution in [0, 0.1) is 5.92 Å². The van der Waals surface area contributed by atoms with Crippen LogP contribution in [0.25, 0.3) is 0 Å². The summed E-state index contributed by atoms with van der Waals surface area (Å²) in [5.74, 6) is 0.412. The van der Waals surface area contributed by atoms with Crippen LogP contribution in [0.15, 0.2) is 0 Å². The zero-order chi connectivity index (χ0) is 16.7. The van der Waals surface area contributed by atoms with Gasteiger partial charge in [-0.1, -0.05) is 27.7 Å². The average Bonchev–Trinajstić information content (AvgIpc) is 2.77. The van der Waals surface area contributed by atoms with E-state index < -0.39 is 6.10 Å². The number of carbonyl (C=O) groups excluding carboxylic acids is 1. The van der Waals surface area contributed by atoms with Crippen LogP contribution in [0.2, 0.25) is 0 Å². The third kappa shape index (κ3) is 5.33. The van der Waals surface area contributed by atoms with E-state index in [9.17, 15) is 9.90 Å². The van der Waals surface area contributed by atoms with E-state index in [1.54, 1.807) is 0 Å². The van der Waals surface area contributed by atoms with E-state index in [4.69, 9.17) is 0 Å². The zero-order valence-corrected chi connectivity index (χ0v) is 14.4. The van der Waals surface area contributed by atoms with Crippen molar-refractivity contribution in [1.29, 1.82) is 0 Å². The van der Waals surface area contributed by atoms with Gasteiger partial charge in [-0.15, -0.1) is 0 Å². The topological polar surface area (TPSA) is 79.2 Å². The number of hydrogen-bond donors (Lipinski definition) is 3. The van der Waals surface area contributed by atoms with Crippen molar-refractivity contribution in [3.8, 4) is 0 Å².